The number of carbonyl (C=O) groups excluding carboxylic acids is 1. The van der Waals surface area contributed by atoms with E-state index in [0.29, 0.717) is 6.54 Å². The molecule has 0 atom stereocenters. The first kappa shape index (κ1) is 15.4. The van der Waals surface area contributed by atoms with Gasteiger partial charge in [0.15, 0.2) is 0 Å². The van der Waals surface area contributed by atoms with Crippen molar-refractivity contribution in [1.82, 2.24) is 4.98 Å². The van der Waals surface area contributed by atoms with Crippen molar-refractivity contribution in [3.63, 3.8) is 0 Å². The summed E-state index contributed by atoms with van der Waals surface area (Å²) in [6.45, 7) is 2.62. The topological polar surface area (TPSA) is 36.1 Å². The molecule has 3 nitrogen and oxygen atoms in total. The van der Waals surface area contributed by atoms with E-state index in [-0.39, 0.29) is 18.1 Å². The summed E-state index contributed by atoms with van der Waals surface area (Å²) in [5.74, 6) is -0.240. The molecule has 0 fully saturated rings. The number of halogens is 2. The number of aromatic nitrogens is 1. The lowest BCUT2D eigenvalue weighted by Gasteiger charge is -2.17. The first-order valence-corrected chi connectivity index (χ1v) is 8.68. The summed E-state index contributed by atoms with van der Waals surface area (Å²) in [7, 11) is 0. The molecule has 2 aromatic carbocycles. The van der Waals surface area contributed by atoms with E-state index in [4.69, 9.17) is 0 Å². The number of H-pyrrole nitrogens is 1. The van der Waals surface area contributed by atoms with Crippen LogP contribution in [-0.4, -0.2) is 17.4 Å². The van der Waals surface area contributed by atoms with Gasteiger partial charge in [0, 0.05) is 33.3 Å². The van der Waals surface area contributed by atoms with Crippen LogP contribution in [0, 0.1) is 12.7 Å². The second-order valence-corrected chi connectivity index (χ2v) is 7.08. The Kier molecular flexibility index (Phi) is 3.68. The van der Waals surface area contributed by atoms with Crippen LogP contribution < -0.4 is 4.90 Å². The molecule has 1 aliphatic rings. The summed E-state index contributed by atoms with van der Waals surface area (Å²) in [6, 6.07) is 10.6. The highest BCUT2D eigenvalue weighted by atomic mass is 79.9. The average Bonchev–Trinajstić information content (AvgIpc) is 3.09. The lowest BCUT2D eigenvalue weighted by Crippen LogP contribution is -2.30. The molecule has 2 heterocycles. The molecule has 1 aliphatic heterocycles. The van der Waals surface area contributed by atoms with Crippen molar-refractivity contribution in [3.8, 4) is 0 Å². The number of hydrogen-bond acceptors (Lipinski definition) is 1. The molecule has 3 aromatic rings. The molecule has 0 bridgehead atoms. The first-order valence-electron chi connectivity index (χ1n) is 7.88. The van der Waals surface area contributed by atoms with E-state index in [1.54, 1.807) is 6.07 Å². The van der Waals surface area contributed by atoms with E-state index < -0.39 is 0 Å². The molecular formula is C19H16BrFN2O. The number of amides is 1. The molecule has 122 valence electrons. The maximum Gasteiger partial charge on any atom is 0.231 e. The Morgan fingerprint density at radius 1 is 1.29 bits per heavy atom. The van der Waals surface area contributed by atoms with Crippen molar-refractivity contribution in [3.05, 3.63) is 63.5 Å². The van der Waals surface area contributed by atoms with Gasteiger partial charge in [-0.05, 0) is 60.9 Å². The number of aryl methyl sites for hydroxylation is 1. The van der Waals surface area contributed by atoms with Crippen LogP contribution in [0.4, 0.5) is 10.1 Å². The Morgan fingerprint density at radius 2 is 2.12 bits per heavy atom. The molecule has 0 unspecified atom stereocenters. The zero-order valence-electron chi connectivity index (χ0n) is 13.2. The van der Waals surface area contributed by atoms with Gasteiger partial charge < -0.3 is 9.88 Å². The summed E-state index contributed by atoms with van der Waals surface area (Å²) in [5.41, 5.74) is 4.81. The van der Waals surface area contributed by atoms with Crippen molar-refractivity contribution >= 4 is 38.4 Å². The van der Waals surface area contributed by atoms with Crippen molar-refractivity contribution in [2.24, 2.45) is 0 Å². The van der Waals surface area contributed by atoms with Crippen LogP contribution in [0.2, 0.25) is 0 Å². The second-order valence-electron chi connectivity index (χ2n) is 6.16. The summed E-state index contributed by atoms with van der Waals surface area (Å²) in [6.07, 6.45) is 1.13. The van der Waals surface area contributed by atoms with Crippen molar-refractivity contribution in [2.45, 2.75) is 19.8 Å². The van der Waals surface area contributed by atoms with Crippen LogP contribution in [0.25, 0.3) is 10.9 Å². The molecule has 0 spiro atoms. The number of hydrogen-bond donors (Lipinski definition) is 1. The molecule has 5 heteroatoms. The minimum absolute atomic E-state index is 0.0457. The zero-order valence-corrected chi connectivity index (χ0v) is 14.8. The largest absolute Gasteiger partial charge is 0.358 e. The highest BCUT2D eigenvalue weighted by molar-refractivity contribution is 9.10. The quantitative estimate of drug-likeness (QED) is 0.690. The Bertz CT molecular complexity index is 963. The van der Waals surface area contributed by atoms with Crippen LogP contribution in [0.1, 0.15) is 16.8 Å². The van der Waals surface area contributed by atoms with Crippen LogP contribution >= 0.6 is 15.9 Å². The summed E-state index contributed by atoms with van der Waals surface area (Å²) in [4.78, 5) is 17.9. The van der Waals surface area contributed by atoms with Crippen molar-refractivity contribution in [1.29, 1.82) is 0 Å². The molecule has 4 rings (SSSR count). The Labute approximate surface area is 147 Å². The van der Waals surface area contributed by atoms with E-state index >= 15 is 0 Å². The highest BCUT2D eigenvalue weighted by Crippen LogP contribution is 2.32. The summed E-state index contributed by atoms with van der Waals surface area (Å²) < 4.78 is 14.6. The van der Waals surface area contributed by atoms with Gasteiger partial charge in [-0.2, -0.15) is 0 Å². The molecule has 0 radical (unpaired) electrons. The predicted octanol–water partition coefficient (Wildman–Crippen LogP) is 4.51. The molecule has 1 amide bonds. The maximum atomic E-state index is 13.6. The van der Waals surface area contributed by atoms with Gasteiger partial charge in [0.1, 0.15) is 5.82 Å². The van der Waals surface area contributed by atoms with Gasteiger partial charge in [0.2, 0.25) is 5.91 Å². The Morgan fingerprint density at radius 3 is 2.96 bits per heavy atom. The van der Waals surface area contributed by atoms with Gasteiger partial charge in [-0.15, -0.1) is 0 Å². The molecular weight excluding hydrogens is 371 g/mol. The Balaban J connectivity index is 1.67. The van der Waals surface area contributed by atoms with E-state index in [1.807, 2.05) is 24.0 Å². The number of rotatable bonds is 2. The number of carbonyl (C=O) groups is 1. The predicted molar refractivity (Wildman–Crippen MR) is 96.9 cm³/mol. The van der Waals surface area contributed by atoms with Crippen LogP contribution in [-0.2, 0) is 17.6 Å². The fourth-order valence-electron chi connectivity index (χ4n) is 3.46. The van der Waals surface area contributed by atoms with Crippen LogP contribution in [0.5, 0.6) is 0 Å². The lowest BCUT2D eigenvalue weighted by molar-refractivity contribution is -0.117. The third-order valence-electron chi connectivity index (χ3n) is 4.65. The van der Waals surface area contributed by atoms with Gasteiger partial charge in [0.25, 0.3) is 0 Å². The Hall–Kier alpha value is -2.14. The van der Waals surface area contributed by atoms with Gasteiger partial charge in [-0.3, -0.25) is 4.79 Å². The van der Waals surface area contributed by atoms with Crippen LogP contribution in [0.3, 0.4) is 0 Å². The fraction of sp³-hybridized carbons (Fsp3) is 0.211. The average molecular weight is 387 g/mol. The molecule has 24 heavy (non-hydrogen) atoms. The van der Waals surface area contributed by atoms with E-state index in [9.17, 15) is 9.18 Å². The van der Waals surface area contributed by atoms with Crippen LogP contribution in [0.15, 0.2) is 40.9 Å². The first-order chi connectivity index (χ1) is 11.5. The van der Waals surface area contributed by atoms with Gasteiger partial charge in [-0.25, -0.2) is 4.39 Å². The van der Waals surface area contributed by atoms with E-state index in [2.05, 4.69) is 27.0 Å². The smallest absolute Gasteiger partial charge is 0.231 e. The zero-order chi connectivity index (χ0) is 16.8. The number of aromatic amines is 1. The summed E-state index contributed by atoms with van der Waals surface area (Å²) >= 11 is 3.47. The van der Waals surface area contributed by atoms with E-state index in [1.165, 1.54) is 17.7 Å². The third kappa shape index (κ3) is 2.53. The number of fused-ring (bicyclic) bond motifs is 2. The normalized spacial score (nSPS) is 13.5. The molecule has 0 aliphatic carbocycles. The number of nitrogens with zero attached hydrogens (tertiary/aromatic N) is 1. The minimum atomic E-state index is -0.286. The SMILES string of the molecule is Cc1[nH]c2ccc(F)cc2c1CC(=O)N1CCc2cc(Br)ccc21. The number of anilines is 1. The molecule has 1 aromatic heterocycles. The fourth-order valence-corrected chi connectivity index (χ4v) is 3.87. The van der Waals surface area contributed by atoms with Gasteiger partial charge >= 0.3 is 0 Å². The highest BCUT2D eigenvalue weighted by Gasteiger charge is 2.26. The molecule has 1 N–H and O–H groups in total. The second kappa shape index (κ2) is 5.74. The van der Waals surface area contributed by atoms with Gasteiger partial charge in [-0.1, -0.05) is 15.9 Å². The monoisotopic (exact) mass is 386 g/mol. The lowest BCUT2D eigenvalue weighted by atomic mass is 10.1. The maximum absolute atomic E-state index is 13.6. The standard InChI is InChI=1S/C19H16BrFN2O/c1-11-15(16-9-14(21)3-4-17(16)22-11)10-19(24)23-7-6-12-8-13(20)2-5-18(12)23/h2-5,8-9,22H,6-7,10H2,1H3. The van der Waals surface area contributed by atoms with Gasteiger partial charge in [0.05, 0.1) is 6.42 Å². The molecule has 0 saturated heterocycles. The number of benzene rings is 2. The van der Waals surface area contributed by atoms with E-state index in [0.717, 1.165) is 38.7 Å². The number of nitrogens with one attached hydrogen (secondary N) is 1. The minimum Gasteiger partial charge on any atom is -0.358 e. The molecule has 0 saturated carbocycles. The van der Waals surface area contributed by atoms with Crippen molar-refractivity contribution < 1.29 is 9.18 Å². The third-order valence-corrected chi connectivity index (χ3v) is 5.14. The summed E-state index contributed by atoms with van der Waals surface area (Å²) in [5, 5.41) is 0.788. The van der Waals surface area contributed by atoms with Crippen molar-refractivity contribution in [2.75, 3.05) is 11.4 Å².